The highest BCUT2D eigenvalue weighted by atomic mass is 79.9. The van der Waals surface area contributed by atoms with Gasteiger partial charge in [-0.1, -0.05) is 5.16 Å². The molecule has 4 nitrogen and oxygen atoms in total. The molecule has 1 saturated carbocycles. The van der Waals surface area contributed by atoms with Gasteiger partial charge in [0.1, 0.15) is 5.78 Å². The molecule has 0 spiro atoms. The Bertz CT molecular complexity index is 692. The number of aromatic nitrogens is 2. The largest absolute Gasteiger partial charge is 0.339 e. The maximum Gasteiger partial charge on any atom is 0.230 e. The first kappa shape index (κ1) is 14.3. The van der Waals surface area contributed by atoms with Crippen LogP contribution < -0.4 is 0 Å². The van der Waals surface area contributed by atoms with E-state index in [9.17, 15) is 13.6 Å². The summed E-state index contributed by atoms with van der Waals surface area (Å²) in [6, 6.07) is 2.41. The van der Waals surface area contributed by atoms with Gasteiger partial charge in [0.2, 0.25) is 11.7 Å². The van der Waals surface area contributed by atoms with Crippen molar-refractivity contribution >= 4 is 21.7 Å². The summed E-state index contributed by atoms with van der Waals surface area (Å²) in [4.78, 5) is 15.5. The molecular weight excluding hydrogens is 346 g/mol. The first-order valence-corrected chi connectivity index (χ1v) is 7.34. The molecule has 21 heavy (non-hydrogen) atoms. The second kappa shape index (κ2) is 5.63. The van der Waals surface area contributed by atoms with E-state index in [4.69, 9.17) is 4.52 Å². The number of carbonyl (C=O) groups excluding carboxylic acids is 1. The van der Waals surface area contributed by atoms with Crippen molar-refractivity contribution in [1.82, 2.24) is 10.1 Å². The summed E-state index contributed by atoms with van der Waals surface area (Å²) in [5.41, 5.74) is 0.329. The zero-order valence-electron chi connectivity index (χ0n) is 10.9. The van der Waals surface area contributed by atoms with Crippen molar-refractivity contribution in [2.75, 3.05) is 0 Å². The second-order valence-corrected chi connectivity index (χ2v) is 5.79. The summed E-state index contributed by atoms with van der Waals surface area (Å²) in [6.45, 7) is 0. The topological polar surface area (TPSA) is 56.0 Å². The number of Topliss-reactive ketones (excluding diaryl/α,β-unsaturated/α-hetero) is 1. The van der Waals surface area contributed by atoms with E-state index in [-0.39, 0.29) is 22.0 Å². The number of rotatable bonds is 2. The fraction of sp³-hybridized carbons (Fsp3) is 0.357. The lowest BCUT2D eigenvalue weighted by Crippen LogP contribution is -2.12. The molecule has 0 aliphatic heterocycles. The van der Waals surface area contributed by atoms with Crippen LogP contribution in [0.2, 0.25) is 0 Å². The van der Waals surface area contributed by atoms with Crippen LogP contribution in [0.5, 0.6) is 0 Å². The Morgan fingerprint density at radius 3 is 2.67 bits per heavy atom. The van der Waals surface area contributed by atoms with Gasteiger partial charge in [-0.15, -0.1) is 0 Å². The molecule has 110 valence electrons. The van der Waals surface area contributed by atoms with Crippen molar-refractivity contribution in [2.45, 2.75) is 31.6 Å². The van der Waals surface area contributed by atoms with Crippen molar-refractivity contribution in [3.8, 4) is 11.4 Å². The van der Waals surface area contributed by atoms with E-state index in [0.29, 0.717) is 37.1 Å². The van der Waals surface area contributed by atoms with Crippen LogP contribution in [0.25, 0.3) is 11.4 Å². The number of halogens is 3. The van der Waals surface area contributed by atoms with Crippen LogP contribution in [0.3, 0.4) is 0 Å². The molecule has 0 atom stereocenters. The first-order chi connectivity index (χ1) is 10.1. The zero-order valence-corrected chi connectivity index (χ0v) is 12.5. The van der Waals surface area contributed by atoms with Crippen LogP contribution in [-0.4, -0.2) is 15.9 Å². The van der Waals surface area contributed by atoms with Crippen LogP contribution in [0.1, 0.15) is 37.5 Å². The van der Waals surface area contributed by atoms with Gasteiger partial charge in [0, 0.05) is 24.3 Å². The fourth-order valence-electron chi connectivity index (χ4n) is 2.40. The van der Waals surface area contributed by atoms with E-state index < -0.39 is 11.6 Å². The number of nitrogens with zero attached hydrogens (tertiary/aromatic N) is 2. The van der Waals surface area contributed by atoms with E-state index >= 15 is 0 Å². The number of hydrogen-bond acceptors (Lipinski definition) is 4. The van der Waals surface area contributed by atoms with Crippen molar-refractivity contribution < 1.29 is 18.1 Å². The lowest BCUT2D eigenvalue weighted by atomic mass is 9.88. The predicted molar refractivity (Wildman–Crippen MR) is 73.6 cm³/mol. The molecule has 0 bridgehead atoms. The van der Waals surface area contributed by atoms with Gasteiger partial charge in [0.25, 0.3) is 0 Å². The normalized spacial score (nSPS) is 16.4. The van der Waals surface area contributed by atoms with Crippen LogP contribution in [-0.2, 0) is 4.79 Å². The fourth-order valence-corrected chi connectivity index (χ4v) is 2.89. The number of ketones is 1. The Labute approximate surface area is 127 Å². The van der Waals surface area contributed by atoms with Crippen molar-refractivity contribution in [2.24, 2.45) is 0 Å². The Kier molecular flexibility index (Phi) is 3.84. The molecule has 3 rings (SSSR count). The third-order valence-electron chi connectivity index (χ3n) is 3.61. The van der Waals surface area contributed by atoms with Gasteiger partial charge >= 0.3 is 0 Å². The van der Waals surface area contributed by atoms with Crippen molar-refractivity contribution in [1.29, 1.82) is 0 Å². The smallest absolute Gasteiger partial charge is 0.230 e. The van der Waals surface area contributed by atoms with Crippen molar-refractivity contribution in [3.05, 3.63) is 34.1 Å². The predicted octanol–water partition coefficient (Wildman–Crippen LogP) is 4.00. The molecule has 1 aromatic carbocycles. The quantitative estimate of drug-likeness (QED) is 0.763. The monoisotopic (exact) mass is 356 g/mol. The van der Waals surface area contributed by atoms with Gasteiger partial charge in [-0.25, -0.2) is 8.78 Å². The molecular formula is C14H11BrF2N2O2. The Balaban J connectivity index is 1.88. The van der Waals surface area contributed by atoms with Crippen LogP contribution in [0.15, 0.2) is 21.1 Å². The van der Waals surface area contributed by atoms with E-state index in [1.165, 1.54) is 6.07 Å². The Morgan fingerprint density at radius 2 is 1.95 bits per heavy atom. The molecule has 1 fully saturated rings. The minimum absolute atomic E-state index is 0.0336. The molecule has 1 aliphatic rings. The maximum absolute atomic E-state index is 13.5. The minimum atomic E-state index is -0.984. The van der Waals surface area contributed by atoms with E-state index in [1.54, 1.807) is 0 Å². The maximum atomic E-state index is 13.5. The van der Waals surface area contributed by atoms with Gasteiger partial charge in [-0.3, -0.25) is 4.79 Å². The van der Waals surface area contributed by atoms with Crippen LogP contribution in [0.4, 0.5) is 8.78 Å². The molecule has 0 saturated heterocycles. The van der Waals surface area contributed by atoms with Crippen LogP contribution >= 0.6 is 15.9 Å². The van der Waals surface area contributed by atoms with Gasteiger partial charge < -0.3 is 4.52 Å². The number of benzene rings is 1. The SMILES string of the molecule is O=C1CCC(c2nc(-c3ccc(F)c(F)c3Br)no2)CC1. The molecule has 2 aromatic rings. The summed E-state index contributed by atoms with van der Waals surface area (Å²) in [5, 5.41) is 3.82. The molecule has 0 N–H and O–H groups in total. The first-order valence-electron chi connectivity index (χ1n) is 6.55. The molecule has 0 amide bonds. The Morgan fingerprint density at radius 1 is 1.24 bits per heavy atom. The summed E-state index contributed by atoms with van der Waals surface area (Å²) in [7, 11) is 0. The summed E-state index contributed by atoms with van der Waals surface area (Å²) >= 11 is 3.00. The standard InChI is InChI=1S/C14H11BrF2N2O2/c15-11-9(5-6-10(16)12(11)17)13-18-14(21-19-13)7-1-3-8(20)4-2-7/h5-7H,1-4H2. The van der Waals surface area contributed by atoms with E-state index in [2.05, 4.69) is 26.1 Å². The van der Waals surface area contributed by atoms with Gasteiger partial charge in [0.15, 0.2) is 11.6 Å². The number of hydrogen-bond donors (Lipinski definition) is 0. The number of carbonyl (C=O) groups is 1. The average molecular weight is 357 g/mol. The minimum Gasteiger partial charge on any atom is -0.339 e. The van der Waals surface area contributed by atoms with Gasteiger partial charge in [-0.05, 0) is 40.9 Å². The average Bonchev–Trinajstić information content (AvgIpc) is 2.95. The van der Waals surface area contributed by atoms with Crippen LogP contribution in [0, 0.1) is 11.6 Å². The highest BCUT2D eigenvalue weighted by molar-refractivity contribution is 9.10. The molecule has 0 unspecified atom stereocenters. The third-order valence-corrected chi connectivity index (χ3v) is 4.39. The summed E-state index contributed by atoms with van der Waals surface area (Å²) < 4.78 is 31.8. The lowest BCUT2D eigenvalue weighted by Gasteiger charge is -2.16. The highest BCUT2D eigenvalue weighted by Crippen LogP contribution is 2.34. The summed E-state index contributed by atoms with van der Waals surface area (Å²) in [6.07, 6.45) is 2.38. The molecule has 1 heterocycles. The second-order valence-electron chi connectivity index (χ2n) is 4.99. The van der Waals surface area contributed by atoms with Gasteiger partial charge in [-0.2, -0.15) is 4.98 Å². The van der Waals surface area contributed by atoms with Crippen molar-refractivity contribution in [3.63, 3.8) is 0 Å². The Hall–Kier alpha value is -1.63. The highest BCUT2D eigenvalue weighted by Gasteiger charge is 2.26. The van der Waals surface area contributed by atoms with E-state index in [1.807, 2.05) is 0 Å². The molecule has 7 heteroatoms. The zero-order chi connectivity index (χ0) is 15.0. The molecule has 1 aromatic heterocycles. The third kappa shape index (κ3) is 2.74. The molecule has 0 radical (unpaired) electrons. The summed E-state index contributed by atoms with van der Waals surface area (Å²) in [5.74, 6) is -0.994. The lowest BCUT2D eigenvalue weighted by molar-refractivity contribution is -0.120. The van der Waals surface area contributed by atoms with E-state index in [0.717, 1.165) is 6.07 Å². The molecule has 1 aliphatic carbocycles. The van der Waals surface area contributed by atoms with Gasteiger partial charge in [0.05, 0.1) is 4.47 Å².